The fraction of sp³-hybridized carbons (Fsp3) is 0.188. The van der Waals surface area contributed by atoms with Crippen molar-refractivity contribution >= 4 is 23.4 Å². The van der Waals surface area contributed by atoms with Crippen LogP contribution in [0.15, 0.2) is 46.2 Å². The number of aromatic nitrogens is 3. The molecule has 10 heteroatoms. The van der Waals surface area contributed by atoms with Crippen LogP contribution in [0, 0.1) is 0 Å². The summed E-state index contributed by atoms with van der Waals surface area (Å²) in [5.74, 6) is 7.83. The number of rotatable bonds is 7. The van der Waals surface area contributed by atoms with Crippen molar-refractivity contribution in [2.24, 2.45) is 0 Å². The highest BCUT2D eigenvalue weighted by molar-refractivity contribution is 7.99. The number of hydrogen-bond acceptors (Lipinski definition) is 8. The summed E-state index contributed by atoms with van der Waals surface area (Å²) in [7, 11) is 3.08. The lowest BCUT2D eigenvalue weighted by molar-refractivity contribution is -0.113. The fourth-order valence-electron chi connectivity index (χ4n) is 2.18. The van der Waals surface area contributed by atoms with E-state index < -0.39 is 0 Å². The molecule has 2 aromatic heterocycles. The highest BCUT2D eigenvalue weighted by Crippen LogP contribution is 2.29. The van der Waals surface area contributed by atoms with E-state index in [0.29, 0.717) is 33.9 Å². The standard InChI is InChI=1S/C16H17N5O4S/c1-23-10-5-6-12(24-2)11(8-10)18-14(22)9-26-16-20-19-15(21(16)17)13-4-3-7-25-13/h3-8H,9,17H2,1-2H3,(H,18,22). The summed E-state index contributed by atoms with van der Waals surface area (Å²) >= 11 is 1.15. The predicted molar refractivity (Wildman–Crippen MR) is 96.8 cm³/mol. The number of thioether (sulfide) groups is 1. The summed E-state index contributed by atoms with van der Waals surface area (Å²) in [5.41, 5.74) is 0.517. The van der Waals surface area contributed by atoms with Crippen molar-refractivity contribution in [3.63, 3.8) is 0 Å². The number of carbonyl (C=O) groups excluding carboxylic acids is 1. The van der Waals surface area contributed by atoms with E-state index in [9.17, 15) is 4.79 Å². The minimum Gasteiger partial charge on any atom is -0.497 e. The van der Waals surface area contributed by atoms with E-state index in [1.807, 2.05) is 0 Å². The maximum absolute atomic E-state index is 12.3. The van der Waals surface area contributed by atoms with Gasteiger partial charge in [-0.15, -0.1) is 10.2 Å². The Morgan fingerprint density at radius 2 is 2.15 bits per heavy atom. The predicted octanol–water partition coefficient (Wildman–Crippen LogP) is 2.00. The van der Waals surface area contributed by atoms with Crippen LogP contribution in [0.5, 0.6) is 11.5 Å². The Morgan fingerprint density at radius 3 is 2.85 bits per heavy atom. The van der Waals surface area contributed by atoms with Gasteiger partial charge in [0.15, 0.2) is 5.76 Å². The molecule has 0 atom stereocenters. The Balaban J connectivity index is 1.65. The van der Waals surface area contributed by atoms with Crippen molar-refractivity contribution in [1.82, 2.24) is 14.9 Å². The van der Waals surface area contributed by atoms with E-state index in [-0.39, 0.29) is 11.7 Å². The smallest absolute Gasteiger partial charge is 0.234 e. The van der Waals surface area contributed by atoms with Gasteiger partial charge in [0.2, 0.25) is 16.9 Å². The number of benzene rings is 1. The molecule has 0 aliphatic carbocycles. The maximum Gasteiger partial charge on any atom is 0.234 e. The number of anilines is 1. The highest BCUT2D eigenvalue weighted by Gasteiger charge is 2.16. The molecule has 0 radical (unpaired) electrons. The van der Waals surface area contributed by atoms with Crippen LogP contribution in [0.3, 0.4) is 0 Å². The second-order valence-electron chi connectivity index (χ2n) is 5.06. The third-order valence-electron chi connectivity index (χ3n) is 3.42. The van der Waals surface area contributed by atoms with Crippen molar-refractivity contribution < 1.29 is 18.7 Å². The van der Waals surface area contributed by atoms with Crippen LogP contribution < -0.4 is 20.6 Å². The van der Waals surface area contributed by atoms with Crippen molar-refractivity contribution in [3.05, 3.63) is 36.6 Å². The van der Waals surface area contributed by atoms with Gasteiger partial charge in [-0.3, -0.25) is 4.79 Å². The molecule has 1 amide bonds. The Kier molecular flexibility index (Phi) is 5.32. The molecule has 3 N–H and O–H groups in total. The number of ether oxygens (including phenoxy) is 2. The van der Waals surface area contributed by atoms with Gasteiger partial charge < -0.3 is 25.1 Å². The van der Waals surface area contributed by atoms with Crippen LogP contribution >= 0.6 is 11.8 Å². The Morgan fingerprint density at radius 1 is 1.31 bits per heavy atom. The number of nitrogen functional groups attached to an aromatic ring is 1. The lowest BCUT2D eigenvalue weighted by atomic mass is 10.2. The van der Waals surface area contributed by atoms with Crippen molar-refractivity contribution in [1.29, 1.82) is 0 Å². The first-order valence-corrected chi connectivity index (χ1v) is 8.50. The molecule has 3 aromatic rings. The first-order valence-electron chi connectivity index (χ1n) is 7.51. The van der Waals surface area contributed by atoms with Gasteiger partial charge in [0.25, 0.3) is 0 Å². The monoisotopic (exact) mass is 375 g/mol. The van der Waals surface area contributed by atoms with Gasteiger partial charge in [-0.1, -0.05) is 11.8 Å². The molecule has 0 saturated carbocycles. The zero-order chi connectivity index (χ0) is 18.5. The normalized spacial score (nSPS) is 10.5. The third kappa shape index (κ3) is 3.75. The molecule has 0 spiro atoms. The van der Waals surface area contributed by atoms with Gasteiger partial charge in [0, 0.05) is 6.07 Å². The summed E-state index contributed by atoms with van der Waals surface area (Å²) in [6.45, 7) is 0. The first-order chi connectivity index (χ1) is 12.6. The van der Waals surface area contributed by atoms with Crippen LogP contribution in [0.2, 0.25) is 0 Å². The molecular weight excluding hydrogens is 358 g/mol. The summed E-state index contributed by atoms with van der Waals surface area (Å²) in [5, 5.41) is 11.1. The zero-order valence-corrected chi connectivity index (χ0v) is 14.9. The number of hydrogen-bond donors (Lipinski definition) is 2. The number of nitrogens with one attached hydrogen (secondary N) is 1. The van der Waals surface area contributed by atoms with Crippen LogP contribution in [-0.4, -0.2) is 40.8 Å². The molecule has 9 nitrogen and oxygen atoms in total. The Bertz CT molecular complexity index is 894. The second kappa shape index (κ2) is 7.83. The summed E-state index contributed by atoms with van der Waals surface area (Å²) < 4.78 is 16.9. The van der Waals surface area contributed by atoms with E-state index in [1.54, 1.807) is 37.4 Å². The minimum absolute atomic E-state index is 0.0911. The van der Waals surface area contributed by atoms with Crippen LogP contribution in [0.4, 0.5) is 5.69 Å². The minimum atomic E-state index is -0.246. The zero-order valence-electron chi connectivity index (χ0n) is 14.1. The van der Waals surface area contributed by atoms with Crippen LogP contribution in [0.25, 0.3) is 11.6 Å². The van der Waals surface area contributed by atoms with E-state index in [0.717, 1.165) is 11.8 Å². The molecule has 0 fully saturated rings. The lowest BCUT2D eigenvalue weighted by Gasteiger charge is -2.11. The van der Waals surface area contributed by atoms with Crippen LogP contribution in [0.1, 0.15) is 0 Å². The number of methoxy groups -OCH3 is 2. The Hall–Kier alpha value is -3.14. The van der Waals surface area contributed by atoms with Crippen molar-refractivity contribution in [3.8, 4) is 23.1 Å². The number of amides is 1. The molecule has 0 aliphatic heterocycles. The highest BCUT2D eigenvalue weighted by atomic mass is 32.2. The molecule has 0 aliphatic rings. The SMILES string of the molecule is COc1ccc(OC)c(NC(=O)CSc2nnc(-c3ccco3)n2N)c1. The average Bonchev–Trinajstić information content (AvgIpc) is 3.29. The van der Waals surface area contributed by atoms with E-state index >= 15 is 0 Å². The average molecular weight is 375 g/mol. The topological polar surface area (TPSA) is 117 Å². The van der Waals surface area contributed by atoms with Gasteiger partial charge in [0.1, 0.15) is 11.5 Å². The molecular formula is C16H17N5O4S. The Labute approximate surface area is 153 Å². The van der Waals surface area contributed by atoms with E-state index in [2.05, 4.69) is 15.5 Å². The van der Waals surface area contributed by atoms with E-state index in [1.165, 1.54) is 18.0 Å². The number of nitrogens with two attached hydrogens (primary N) is 1. The molecule has 136 valence electrons. The van der Waals surface area contributed by atoms with Gasteiger partial charge in [-0.05, 0) is 24.3 Å². The number of nitrogens with zero attached hydrogens (tertiary/aromatic N) is 3. The first kappa shape index (κ1) is 17.7. The van der Waals surface area contributed by atoms with Gasteiger partial charge in [-0.25, -0.2) is 4.68 Å². The summed E-state index contributed by atoms with van der Waals surface area (Å²) in [6, 6.07) is 8.60. The molecule has 1 aromatic carbocycles. The second-order valence-corrected chi connectivity index (χ2v) is 6.00. The molecule has 26 heavy (non-hydrogen) atoms. The quantitative estimate of drug-likeness (QED) is 0.476. The molecule has 3 rings (SSSR count). The van der Waals surface area contributed by atoms with Crippen molar-refractivity contribution in [2.75, 3.05) is 31.1 Å². The largest absolute Gasteiger partial charge is 0.497 e. The molecule has 2 heterocycles. The lowest BCUT2D eigenvalue weighted by Crippen LogP contribution is -2.16. The maximum atomic E-state index is 12.3. The summed E-state index contributed by atoms with van der Waals surface area (Å²) in [4.78, 5) is 12.3. The van der Waals surface area contributed by atoms with Gasteiger partial charge in [-0.2, -0.15) is 0 Å². The van der Waals surface area contributed by atoms with Gasteiger partial charge in [0.05, 0.1) is 31.9 Å². The molecule has 0 unspecified atom stereocenters. The number of furan rings is 1. The summed E-state index contributed by atoms with van der Waals surface area (Å²) in [6.07, 6.45) is 1.52. The van der Waals surface area contributed by atoms with Crippen LogP contribution in [-0.2, 0) is 4.79 Å². The van der Waals surface area contributed by atoms with E-state index in [4.69, 9.17) is 19.7 Å². The van der Waals surface area contributed by atoms with Crippen molar-refractivity contribution in [2.45, 2.75) is 5.16 Å². The third-order valence-corrected chi connectivity index (χ3v) is 4.36. The number of carbonyl (C=O) groups is 1. The molecule has 0 bridgehead atoms. The fourth-order valence-corrected chi connectivity index (χ4v) is 2.83. The molecule has 0 saturated heterocycles. The van der Waals surface area contributed by atoms with Gasteiger partial charge >= 0.3 is 0 Å².